The smallest absolute Gasteiger partial charge is 0.339 e. The fourth-order valence-electron chi connectivity index (χ4n) is 1.41. The molecule has 6 heteroatoms. The first-order valence-electron chi connectivity index (χ1n) is 4.20. The second-order valence-corrected chi connectivity index (χ2v) is 3.57. The van der Waals surface area contributed by atoms with Gasteiger partial charge in [0.1, 0.15) is 5.92 Å². The Hall–Kier alpha value is -1.20. The molecule has 0 aromatic rings. The number of rotatable bonds is 2. The monoisotopic (exact) mass is 207 g/mol. The zero-order valence-electron chi connectivity index (χ0n) is 7.83. The zero-order chi connectivity index (χ0) is 11.1. The van der Waals surface area contributed by atoms with Gasteiger partial charge in [-0.15, -0.1) is 0 Å². The van der Waals surface area contributed by atoms with Crippen LogP contribution in [-0.2, 0) is 9.59 Å². The maximum Gasteiger partial charge on any atom is 0.339 e. The maximum atomic E-state index is 13.1. The SMILES string of the molecule is CC(C)N1CC(C(=O)O)C(F)(F)C1=O. The maximum absolute atomic E-state index is 13.1. The average molecular weight is 207 g/mol. The van der Waals surface area contributed by atoms with Crippen LogP contribution in [0.5, 0.6) is 0 Å². The van der Waals surface area contributed by atoms with Crippen LogP contribution in [0.4, 0.5) is 8.78 Å². The Balaban J connectivity index is 2.97. The Bertz CT molecular complexity index is 278. The molecular formula is C8H11F2NO3. The van der Waals surface area contributed by atoms with Crippen molar-refractivity contribution >= 4 is 11.9 Å². The highest BCUT2D eigenvalue weighted by molar-refractivity contribution is 5.92. The standard InChI is InChI=1S/C8H11F2NO3/c1-4(2)11-3-5(6(12)13)8(9,10)7(11)14/h4-5H,3H2,1-2H3,(H,12,13). The van der Waals surface area contributed by atoms with Gasteiger partial charge in [-0.25, -0.2) is 0 Å². The van der Waals surface area contributed by atoms with Gasteiger partial charge < -0.3 is 10.0 Å². The molecule has 0 saturated carbocycles. The van der Waals surface area contributed by atoms with Crippen molar-refractivity contribution < 1.29 is 23.5 Å². The molecule has 0 radical (unpaired) electrons. The lowest BCUT2D eigenvalue weighted by atomic mass is 10.1. The van der Waals surface area contributed by atoms with Crippen molar-refractivity contribution in [3.63, 3.8) is 0 Å². The number of halogens is 2. The first-order chi connectivity index (χ1) is 6.28. The van der Waals surface area contributed by atoms with E-state index in [1.54, 1.807) is 13.8 Å². The van der Waals surface area contributed by atoms with E-state index in [4.69, 9.17) is 5.11 Å². The Morgan fingerprint density at radius 2 is 2.14 bits per heavy atom. The zero-order valence-corrected chi connectivity index (χ0v) is 7.83. The van der Waals surface area contributed by atoms with E-state index in [0.29, 0.717) is 0 Å². The quantitative estimate of drug-likeness (QED) is 0.720. The van der Waals surface area contributed by atoms with Crippen molar-refractivity contribution in [3.8, 4) is 0 Å². The van der Waals surface area contributed by atoms with Crippen molar-refractivity contribution in [2.45, 2.75) is 25.8 Å². The summed E-state index contributed by atoms with van der Waals surface area (Å²) < 4.78 is 26.2. The summed E-state index contributed by atoms with van der Waals surface area (Å²) in [6.45, 7) is 2.72. The second-order valence-electron chi connectivity index (χ2n) is 3.57. The third kappa shape index (κ3) is 1.44. The number of aliphatic carboxylic acids is 1. The van der Waals surface area contributed by atoms with Crippen LogP contribution in [0.25, 0.3) is 0 Å². The summed E-state index contributed by atoms with van der Waals surface area (Å²) >= 11 is 0. The Morgan fingerprint density at radius 3 is 2.36 bits per heavy atom. The van der Waals surface area contributed by atoms with Crippen LogP contribution in [0, 0.1) is 5.92 Å². The summed E-state index contributed by atoms with van der Waals surface area (Å²) in [6, 6.07) is -0.405. The molecule has 1 aliphatic rings. The van der Waals surface area contributed by atoms with Gasteiger partial charge in [0, 0.05) is 12.6 Å². The van der Waals surface area contributed by atoms with Crippen LogP contribution in [0.1, 0.15) is 13.8 Å². The average Bonchev–Trinajstić information content (AvgIpc) is 2.24. The molecule has 0 aromatic carbocycles. The van der Waals surface area contributed by atoms with Gasteiger partial charge in [0.15, 0.2) is 0 Å². The molecule has 0 bridgehead atoms. The van der Waals surface area contributed by atoms with Crippen LogP contribution in [0.2, 0.25) is 0 Å². The van der Waals surface area contributed by atoms with Gasteiger partial charge >= 0.3 is 11.9 Å². The largest absolute Gasteiger partial charge is 0.481 e. The van der Waals surface area contributed by atoms with E-state index in [9.17, 15) is 18.4 Å². The second kappa shape index (κ2) is 3.18. The van der Waals surface area contributed by atoms with Crippen molar-refractivity contribution in [1.29, 1.82) is 0 Å². The molecule has 0 aromatic heterocycles. The molecule has 0 spiro atoms. The molecule has 80 valence electrons. The summed E-state index contributed by atoms with van der Waals surface area (Å²) in [7, 11) is 0. The molecule has 1 fully saturated rings. The fourth-order valence-corrected chi connectivity index (χ4v) is 1.41. The number of hydrogen-bond donors (Lipinski definition) is 1. The van der Waals surface area contributed by atoms with Gasteiger partial charge in [-0.2, -0.15) is 8.78 Å². The molecule has 1 N–H and O–H groups in total. The summed E-state index contributed by atoms with van der Waals surface area (Å²) in [5, 5.41) is 8.51. The molecule has 1 rings (SSSR count). The number of carboxylic acids is 1. The lowest BCUT2D eigenvalue weighted by molar-refractivity contribution is -0.162. The molecule has 1 saturated heterocycles. The number of carbonyl (C=O) groups is 2. The van der Waals surface area contributed by atoms with Crippen molar-refractivity contribution in [2.24, 2.45) is 5.92 Å². The van der Waals surface area contributed by atoms with Crippen LogP contribution in [0.15, 0.2) is 0 Å². The van der Waals surface area contributed by atoms with Gasteiger partial charge in [0.25, 0.3) is 5.91 Å². The number of carbonyl (C=O) groups excluding carboxylic acids is 1. The van der Waals surface area contributed by atoms with E-state index >= 15 is 0 Å². The third-order valence-corrected chi connectivity index (χ3v) is 2.28. The van der Waals surface area contributed by atoms with Crippen LogP contribution >= 0.6 is 0 Å². The predicted molar refractivity (Wildman–Crippen MR) is 42.9 cm³/mol. The number of alkyl halides is 2. The van der Waals surface area contributed by atoms with Crippen molar-refractivity contribution in [3.05, 3.63) is 0 Å². The van der Waals surface area contributed by atoms with Gasteiger partial charge in [0.2, 0.25) is 0 Å². The molecule has 1 atom stereocenters. The fraction of sp³-hybridized carbons (Fsp3) is 0.750. The number of amides is 1. The van der Waals surface area contributed by atoms with Gasteiger partial charge in [-0.05, 0) is 13.8 Å². The van der Waals surface area contributed by atoms with Crippen molar-refractivity contribution in [1.82, 2.24) is 4.90 Å². The van der Waals surface area contributed by atoms with Gasteiger partial charge in [0.05, 0.1) is 0 Å². The minimum absolute atomic E-state index is 0.405. The van der Waals surface area contributed by atoms with Gasteiger partial charge in [-0.3, -0.25) is 9.59 Å². The van der Waals surface area contributed by atoms with E-state index in [2.05, 4.69) is 0 Å². The number of carboxylic acid groups (broad SMARTS) is 1. The Morgan fingerprint density at radius 1 is 1.64 bits per heavy atom. The number of likely N-dealkylation sites (tertiary alicyclic amines) is 1. The van der Waals surface area contributed by atoms with Crippen LogP contribution < -0.4 is 0 Å². The highest BCUT2D eigenvalue weighted by Crippen LogP contribution is 2.35. The summed E-state index contributed by atoms with van der Waals surface area (Å²) in [6.07, 6.45) is 0. The Kier molecular flexibility index (Phi) is 2.47. The summed E-state index contributed by atoms with van der Waals surface area (Å²) in [4.78, 5) is 22.5. The first kappa shape index (κ1) is 10.9. The molecule has 1 unspecified atom stereocenters. The van der Waals surface area contributed by atoms with E-state index in [-0.39, 0.29) is 0 Å². The van der Waals surface area contributed by atoms with Crippen molar-refractivity contribution in [2.75, 3.05) is 6.54 Å². The normalized spacial score (nSPS) is 25.9. The Labute approximate surface area is 79.5 Å². The third-order valence-electron chi connectivity index (χ3n) is 2.28. The molecule has 1 aliphatic heterocycles. The highest BCUT2D eigenvalue weighted by Gasteiger charge is 2.60. The minimum Gasteiger partial charge on any atom is -0.481 e. The van der Waals surface area contributed by atoms with Crippen LogP contribution in [-0.4, -0.2) is 40.4 Å². The summed E-state index contributed by atoms with van der Waals surface area (Å²) in [5.41, 5.74) is 0. The predicted octanol–water partition coefficient (Wildman–Crippen LogP) is 0.573. The molecular weight excluding hydrogens is 196 g/mol. The van der Waals surface area contributed by atoms with E-state index in [1.807, 2.05) is 0 Å². The van der Waals surface area contributed by atoms with Gasteiger partial charge in [-0.1, -0.05) is 0 Å². The van der Waals surface area contributed by atoms with Crippen LogP contribution in [0.3, 0.4) is 0 Å². The summed E-state index contributed by atoms with van der Waals surface area (Å²) in [5.74, 6) is -8.71. The molecule has 1 heterocycles. The lowest BCUT2D eigenvalue weighted by Crippen LogP contribution is -2.39. The molecule has 0 aliphatic carbocycles. The molecule has 14 heavy (non-hydrogen) atoms. The van der Waals surface area contributed by atoms with E-state index in [1.165, 1.54) is 0 Å². The molecule has 1 amide bonds. The molecule has 4 nitrogen and oxygen atoms in total. The van der Waals surface area contributed by atoms with E-state index in [0.717, 1.165) is 4.90 Å². The lowest BCUT2D eigenvalue weighted by Gasteiger charge is -2.19. The highest BCUT2D eigenvalue weighted by atomic mass is 19.3. The van der Waals surface area contributed by atoms with E-state index < -0.39 is 36.3 Å². The topological polar surface area (TPSA) is 57.6 Å². The minimum atomic E-state index is -3.77. The number of nitrogens with zero attached hydrogens (tertiary/aromatic N) is 1. The number of hydrogen-bond acceptors (Lipinski definition) is 2. The first-order valence-corrected chi connectivity index (χ1v) is 4.20.